The van der Waals surface area contributed by atoms with Gasteiger partial charge in [0.15, 0.2) is 0 Å². The molecule has 154 valence electrons. The summed E-state index contributed by atoms with van der Waals surface area (Å²) < 4.78 is 0. The zero-order valence-corrected chi connectivity index (χ0v) is 17.4. The molecular formula is C23H15N7OS. The quantitative estimate of drug-likeness (QED) is 0.455. The molecule has 2 aliphatic rings. The van der Waals surface area contributed by atoms with Crippen LogP contribution in [0.25, 0.3) is 22.0 Å². The Bertz CT molecular complexity index is 1480. The number of carbonyl (C=O) groups excluding carboxylic acids is 1. The first-order valence-corrected chi connectivity index (χ1v) is 10.8. The second-order valence-corrected chi connectivity index (χ2v) is 8.26. The van der Waals surface area contributed by atoms with Crippen LogP contribution in [0.4, 0.5) is 0 Å². The molecule has 3 N–H and O–H groups in total. The van der Waals surface area contributed by atoms with Crippen LogP contribution >= 0.6 is 11.3 Å². The molecule has 0 bridgehead atoms. The van der Waals surface area contributed by atoms with E-state index in [0.717, 1.165) is 32.6 Å². The van der Waals surface area contributed by atoms with Crippen LogP contribution in [0.5, 0.6) is 0 Å². The van der Waals surface area contributed by atoms with Gasteiger partial charge in [-0.05, 0) is 29.8 Å². The van der Waals surface area contributed by atoms with Gasteiger partial charge >= 0.3 is 0 Å². The Morgan fingerprint density at radius 2 is 1.97 bits per heavy atom. The van der Waals surface area contributed by atoms with Crippen LogP contribution in [-0.2, 0) is 4.79 Å². The Labute approximate surface area is 186 Å². The van der Waals surface area contributed by atoms with E-state index in [1.165, 1.54) is 11.3 Å². The molecule has 6 rings (SSSR count). The lowest BCUT2D eigenvalue weighted by Gasteiger charge is -2.30. The molecule has 4 heterocycles. The Morgan fingerprint density at radius 1 is 1.09 bits per heavy atom. The van der Waals surface area contributed by atoms with Crippen molar-refractivity contribution in [2.24, 2.45) is 10.9 Å². The minimum absolute atomic E-state index is 0.198. The monoisotopic (exact) mass is 437 g/mol. The minimum Gasteiger partial charge on any atom is -0.309 e. The van der Waals surface area contributed by atoms with Crippen molar-refractivity contribution in [3.05, 3.63) is 88.4 Å². The highest BCUT2D eigenvalue weighted by Gasteiger charge is 2.39. The van der Waals surface area contributed by atoms with Gasteiger partial charge in [0, 0.05) is 46.1 Å². The molecule has 1 atom stereocenters. The number of thiazole rings is 1. The normalized spacial score (nSPS) is 18.3. The summed E-state index contributed by atoms with van der Waals surface area (Å²) in [5.41, 5.74) is 4.60. The molecule has 1 aromatic carbocycles. The lowest BCUT2D eigenvalue weighted by atomic mass is 9.80. The molecule has 4 aromatic rings. The van der Waals surface area contributed by atoms with Gasteiger partial charge in [0.2, 0.25) is 5.91 Å². The predicted octanol–water partition coefficient (Wildman–Crippen LogP) is 3.44. The molecule has 0 spiro atoms. The average molecular weight is 437 g/mol. The molecular weight excluding hydrogens is 422 g/mol. The van der Waals surface area contributed by atoms with Gasteiger partial charge in [-0.3, -0.25) is 14.9 Å². The number of nitrogens with one attached hydrogen (secondary N) is 3. The molecule has 1 aliphatic heterocycles. The van der Waals surface area contributed by atoms with Crippen LogP contribution in [0.2, 0.25) is 0 Å². The molecule has 3 aromatic heterocycles. The number of aromatic amines is 1. The van der Waals surface area contributed by atoms with Crippen LogP contribution < -0.4 is 5.32 Å². The first kappa shape index (κ1) is 18.5. The summed E-state index contributed by atoms with van der Waals surface area (Å²) in [6.45, 7) is 0. The lowest BCUT2D eigenvalue weighted by Crippen LogP contribution is -2.45. The molecule has 0 saturated heterocycles. The van der Waals surface area contributed by atoms with Crippen LogP contribution in [0.1, 0.15) is 16.1 Å². The average Bonchev–Trinajstić information content (AvgIpc) is 3.52. The fourth-order valence-corrected chi connectivity index (χ4v) is 4.72. The summed E-state index contributed by atoms with van der Waals surface area (Å²) in [6.07, 6.45) is 8.68. The Morgan fingerprint density at radius 3 is 2.78 bits per heavy atom. The number of aromatic nitrogens is 4. The van der Waals surface area contributed by atoms with Gasteiger partial charge in [0.05, 0.1) is 23.1 Å². The highest BCUT2D eigenvalue weighted by molar-refractivity contribution is 7.10. The van der Waals surface area contributed by atoms with E-state index >= 15 is 0 Å². The zero-order chi connectivity index (χ0) is 21.7. The maximum atomic E-state index is 13.3. The molecule has 32 heavy (non-hydrogen) atoms. The second kappa shape index (κ2) is 7.17. The van der Waals surface area contributed by atoms with Crippen LogP contribution in [0.15, 0.2) is 77.3 Å². The number of hydrogen-bond acceptors (Lipinski definition) is 7. The first-order chi connectivity index (χ1) is 15.7. The predicted molar refractivity (Wildman–Crippen MR) is 123 cm³/mol. The Balaban J connectivity index is 1.61. The van der Waals surface area contributed by atoms with Gasteiger partial charge in [-0.2, -0.15) is 5.10 Å². The van der Waals surface area contributed by atoms with Crippen molar-refractivity contribution in [1.82, 2.24) is 25.5 Å². The van der Waals surface area contributed by atoms with E-state index in [2.05, 4.69) is 25.5 Å². The van der Waals surface area contributed by atoms with E-state index in [1.807, 2.05) is 29.7 Å². The van der Waals surface area contributed by atoms with E-state index in [4.69, 9.17) is 10.4 Å². The van der Waals surface area contributed by atoms with Crippen LogP contribution in [-0.4, -0.2) is 37.6 Å². The first-order valence-electron chi connectivity index (χ1n) is 9.87. The van der Waals surface area contributed by atoms with Crippen molar-refractivity contribution < 1.29 is 4.79 Å². The Kier molecular flexibility index (Phi) is 4.15. The van der Waals surface area contributed by atoms with Crippen molar-refractivity contribution in [3.8, 4) is 0 Å². The number of H-pyrrole nitrogens is 1. The summed E-state index contributed by atoms with van der Waals surface area (Å²) in [4.78, 5) is 26.6. The third-order valence-electron chi connectivity index (χ3n) is 5.54. The van der Waals surface area contributed by atoms with Crippen molar-refractivity contribution in [1.29, 1.82) is 5.41 Å². The van der Waals surface area contributed by atoms with Gasteiger partial charge in [-0.25, -0.2) is 9.98 Å². The number of nitrogens with zero attached hydrogens (tertiary/aromatic N) is 4. The Hall–Kier alpha value is -4.24. The molecule has 0 radical (unpaired) electrons. The smallest absolute Gasteiger partial charge is 0.240 e. The summed E-state index contributed by atoms with van der Waals surface area (Å²) in [6, 6.07) is 9.36. The summed E-state index contributed by atoms with van der Waals surface area (Å²) >= 11 is 1.47. The van der Waals surface area contributed by atoms with E-state index in [-0.39, 0.29) is 11.6 Å². The number of fused-ring (bicyclic) bond motifs is 2. The topological polar surface area (TPSA) is 120 Å². The van der Waals surface area contributed by atoms with Crippen molar-refractivity contribution in [2.45, 2.75) is 0 Å². The highest BCUT2D eigenvalue weighted by Crippen LogP contribution is 2.41. The number of amides is 1. The molecule has 1 aliphatic carbocycles. The van der Waals surface area contributed by atoms with E-state index in [9.17, 15) is 4.79 Å². The van der Waals surface area contributed by atoms with Crippen molar-refractivity contribution >= 4 is 50.8 Å². The number of allylic oxidation sites excluding steroid dienone is 3. The minimum atomic E-state index is -0.832. The number of benzene rings is 1. The summed E-state index contributed by atoms with van der Waals surface area (Å²) in [7, 11) is 0. The third kappa shape index (κ3) is 2.83. The maximum Gasteiger partial charge on any atom is 0.240 e. The number of carbonyl (C=O) groups is 1. The van der Waals surface area contributed by atoms with Gasteiger partial charge in [-0.15, -0.1) is 11.3 Å². The highest BCUT2D eigenvalue weighted by atomic mass is 32.1. The van der Waals surface area contributed by atoms with Gasteiger partial charge < -0.3 is 10.7 Å². The number of amidine groups is 1. The van der Waals surface area contributed by atoms with Crippen LogP contribution in [0.3, 0.4) is 0 Å². The molecule has 0 fully saturated rings. The largest absolute Gasteiger partial charge is 0.309 e. The molecule has 9 heteroatoms. The number of aliphatic imine (C=N–C) groups is 1. The van der Waals surface area contributed by atoms with E-state index < -0.39 is 5.92 Å². The lowest BCUT2D eigenvalue weighted by molar-refractivity contribution is -0.120. The maximum absolute atomic E-state index is 13.3. The van der Waals surface area contributed by atoms with Crippen molar-refractivity contribution in [2.75, 3.05) is 0 Å². The summed E-state index contributed by atoms with van der Waals surface area (Å²) in [5.74, 6) is -0.674. The number of pyridine rings is 1. The summed E-state index contributed by atoms with van der Waals surface area (Å²) in [5, 5.41) is 22.5. The van der Waals surface area contributed by atoms with Gasteiger partial charge in [0.1, 0.15) is 16.8 Å². The SMILES string of the molecule is N=C1C(c2cccc3[nH]ncc23)=CC(c2nccs2)=C2N=C(c3ccncc3)NC(=O)C12. The fraction of sp³-hybridized carbons (Fsp3) is 0.0435. The molecule has 8 nitrogen and oxygen atoms in total. The standard InChI is InChI=1S/C23H15N7OS/c24-19-14(13-2-1-3-17-16(13)11-27-30-17)10-15(23-26-8-9-32-23)20-18(19)22(31)29-21(28-20)12-4-6-25-7-5-12/h1-11,18,24H,(H,27,30)(H,28,29,31). The molecule has 0 saturated carbocycles. The van der Waals surface area contributed by atoms with E-state index in [1.54, 1.807) is 36.9 Å². The molecule has 1 amide bonds. The number of hydrogen-bond donors (Lipinski definition) is 3. The number of rotatable bonds is 3. The second-order valence-electron chi connectivity index (χ2n) is 7.36. The zero-order valence-electron chi connectivity index (χ0n) is 16.5. The van der Waals surface area contributed by atoms with E-state index in [0.29, 0.717) is 17.1 Å². The van der Waals surface area contributed by atoms with Crippen molar-refractivity contribution in [3.63, 3.8) is 0 Å². The third-order valence-corrected chi connectivity index (χ3v) is 6.35. The van der Waals surface area contributed by atoms with Gasteiger partial charge in [0.25, 0.3) is 0 Å². The fourth-order valence-electron chi connectivity index (χ4n) is 4.06. The molecule has 1 unspecified atom stereocenters. The van der Waals surface area contributed by atoms with Gasteiger partial charge in [-0.1, -0.05) is 12.1 Å². The van der Waals surface area contributed by atoms with Crippen LogP contribution in [0, 0.1) is 11.3 Å².